The summed E-state index contributed by atoms with van der Waals surface area (Å²) in [5, 5.41) is 2.86. The van der Waals surface area contributed by atoms with Gasteiger partial charge in [-0.05, 0) is 31.4 Å². The zero-order valence-corrected chi connectivity index (χ0v) is 12.2. The second-order valence-electron chi connectivity index (χ2n) is 5.70. The van der Waals surface area contributed by atoms with Crippen molar-refractivity contribution in [3.63, 3.8) is 0 Å². The number of likely N-dealkylation sites (tertiary alicyclic amines) is 1. The zero-order chi connectivity index (χ0) is 14.8. The lowest BCUT2D eigenvalue weighted by atomic mass is 10.2. The zero-order valence-electron chi connectivity index (χ0n) is 12.2. The molecule has 1 heterocycles. The summed E-state index contributed by atoms with van der Waals surface area (Å²) in [7, 11) is 1.59. The fraction of sp³-hybridized carbons (Fsp3) is 0.500. The van der Waals surface area contributed by atoms with Crippen molar-refractivity contribution in [3.8, 4) is 5.75 Å². The third-order valence-corrected chi connectivity index (χ3v) is 4.20. The molecule has 2 fully saturated rings. The van der Waals surface area contributed by atoms with Gasteiger partial charge < -0.3 is 15.0 Å². The van der Waals surface area contributed by atoms with Gasteiger partial charge in [-0.1, -0.05) is 6.07 Å². The highest BCUT2D eigenvalue weighted by Crippen LogP contribution is 2.41. The van der Waals surface area contributed by atoms with E-state index in [1.807, 2.05) is 23.1 Å². The number of ether oxygens (including phenoxy) is 1. The molecule has 1 N–H and O–H groups in total. The van der Waals surface area contributed by atoms with Crippen LogP contribution in [-0.4, -0.2) is 36.9 Å². The predicted octanol–water partition coefficient (Wildman–Crippen LogP) is 1.89. The first-order chi connectivity index (χ1) is 10.2. The fourth-order valence-corrected chi connectivity index (χ4v) is 2.87. The second-order valence-corrected chi connectivity index (χ2v) is 5.70. The molecule has 5 nitrogen and oxygen atoms in total. The van der Waals surface area contributed by atoms with Gasteiger partial charge in [-0.3, -0.25) is 9.59 Å². The van der Waals surface area contributed by atoms with Gasteiger partial charge in [-0.25, -0.2) is 0 Å². The van der Waals surface area contributed by atoms with Gasteiger partial charge in [0.15, 0.2) is 0 Å². The van der Waals surface area contributed by atoms with Crippen LogP contribution in [0.2, 0.25) is 0 Å². The number of anilines is 1. The summed E-state index contributed by atoms with van der Waals surface area (Å²) < 4.78 is 5.13. The van der Waals surface area contributed by atoms with Crippen molar-refractivity contribution >= 4 is 17.5 Å². The van der Waals surface area contributed by atoms with Gasteiger partial charge in [0.25, 0.3) is 0 Å². The monoisotopic (exact) mass is 288 g/mol. The topological polar surface area (TPSA) is 58.6 Å². The molecular formula is C16H20N2O3. The maximum absolute atomic E-state index is 12.2. The van der Waals surface area contributed by atoms with E-state index in [1.54, 1.807) is 13.2 Å². The molecule has 2 aliphatic rings. The van der Waals surface area contributed by atoms with Gasteiger partial charge in [0.05, 0.1) is 18.9 Å². The van der Waals surface area contributed by atoms with E-state index in [0.717, 1.165) is 25.9 Å². The number of nitrogens with one attached hydrogen (secondary N) is 1. The number of methoxy groups -OCH3 is 1. The van der Waals surface area contributed by atoms with Gasteiger partial charge in [0.1, 0.15) is 5.75 Å². The van der Waals surface area contributed by atoms with Crippen LogP contribution in [-0.2, 0) is 9.59 Å². The first kappa shape index (κ1) is 13.9. The van der Waals surface area contributed by atoms with Crippen molar-refractivity contribution in [3.05, 3.63) is 24.3 Å². The molecule has 1 aliphatic carbocycles. The number of hydrogen-bond donors (Lipinski definition) is 1. The minimum Gasteiger partial charge on any atom is -0.497 e. The molecule has 3 rings (SSSR count). The van der Waals surface area contributed by atoms with Crippen LogP contribution in [0.5, 0.6) is 5.75 Å². The molecule has 1 aromatic rings. The number of hydrogen-bond acceptors (Lipinski definition) is 3. The van der Waals surface area contributed by atoms with E-state index in [2.05, 4.69) is 5.32 Å². The average molecular weight is 288 g/mol. The normalized spacial score (nSPS) is 23.8. The molecule has 5 heteroatoms. The molecule has 0 bridgehead atoms. The average Bonchev–Trinajstić information content (AvgIpc) is 3.12. The molecule has 1 saturated heterocycles. The largest absolute Gasteiger partial charge is 0.497 e. The molecular weight excluding hydrogens is 268 g/mol. The highest BCUT2D eigenvalue weighted by Gasteiger charge is 2.49. The Morgan fingerprint density at radius 2 is 2.00 bits per heavy atom. The lowest BCUT2D eigenvalue weighted by molar-refractivity contribution is -0.133. The molecule has 0 radical (unpaired) electrons. The first-order valence-corrected chi connectivity index (χ1v) is 7.43. The Morgan fingerprint density at radius 1 is 1.24 bits per heavy atom. The molecule has 1 saturated carbocycles. The molecule has 112 valence electrons. The van der Waals surface area contributed by atoms with Crippen LogP contribution >= 0.6 is 0 Å². The van der Waals surface area contributed by atoms with E-state index < -0.39 is 0 Å². The summed E-state index contributed by atoms with van der Waals surface area (Å²) in [4.78, 5) is 26.3. The Hall–Kier alpha value is -2.04. The second kappa shape index (κ2) is 5.76. The Bertz CT molecular complexity index is 552. The summed E-state index contributed by atoms with van der Waals surface area (Å²) in [6, 6.07) is 7.25. The summed E-state index contributed by atoms with van der Waals surface area (Å²) >= 11 is 0. The van der Waals surface area contributed by atoms with Gasteiger partial charge in [-0.2, -0.15) is 0 Å². The molecule has 21 heavy (non-hydrogen) atoms. The summed E-state index contributed by atoms with van der Waals surface area (Å²) in [5.41, 5.74) is 0.707. The summed E-state index contributed by atoms with van der Waals surface area (Å²) in [5.74, 6) is 0.491. The minimum absolute atomic E-state index is 0.0687. The molecule has 2 unspecified atom stereocenters. The Morgan fingerprint density at radius 3 is 2.71 bits per heavy atom. The van der Waals surface area contributed by atoms with Gasteiger partial charge in [0.2, 0.25) is 11.8 Å². The molecule has 2 atom stereocenters. The highest BCUT2D eigenvalue weighted by molar-refractivity contribution is 5.99. The van der Waals surface area contributed by atoms with Crippen molar-refractivity contribution in [2.75, 3.05) is 25.5 Å². The van der Waals surface area contributed by atoms with E-state index in [1.165, 1.54) is 0 Å². The number of carbonyl (C=O) groups is 2. The van der Waals surface area contributed by atoms with E-state index in [9.17, 15) is 9.59 Å². The predicted molar refractivity (Wildman–Crippen MR) is 79.0 cm³/mol. The Kier molecular flexibility index (Phi) is 3.82. The lowest BCUT2D eigenvalue weighted by Crippen LogP contribution is -2.30. The summed E-state index contributed by atoms with van der Waals surface area (Å²) in [6.45, 7) is 1.69. The van der Waals surface area contributed by atoms with Gasteiger partial charge in [0, 0.05) is 24.8 Å². The number of nitrogens with zero attached hydrogens (tertiary/aromatic N) is 1. The van der Waals surface area contributed by atoms with Gasteiger partial charge >= 0.3 is 0 Å². The highest BCUT2D eigenvalue weighted by atomic mass is 16.5. The molecule has 0 aromatic heterocycles. The standard InChI is InChI=1S/C16H20N2O3/c1-21-12-6-4-5-11(9-12)17-15(19)13-10-14(13)16(20)18-7-2-3-8-18/h4-6,9,13-14H,2-3,7-8,10H2,1H3,(H,17,19). The molecule has 2 amide bonds. The van der Waals surface area contributed by atoms with Crippen molar-refractivity contribution in [2.24, 2.45) is 11.8 Å². The van der Waals surface area contributed by atoms with E-state index >= 15 is 0 Å². The molecule has 1 aliphatic heterocycles. The Balaban J connectivity index is 1.56. The van der Waals surface area contributed by atoms with Crippen LogP contribution in [0, 0.1) is 11.8 Å². The van der Waals surface area contributed by atoms with Crippen molar-refractivity contribution in [1.82, 2.24) is 4.90 Å². The first-order valence-electron chi connectivity index (χ1n) is 7.43. The van der Waals surface area contributed by atoms with Crippen LogP contribution < -0.4 is 10.1 Å². The number of carbonyl (C=O) groups excluding carboxylic acids is 2. The number of amides is 2. The number of rotatable bonds is 4. The van der Waals surface area contributed by atoms with E-state index in [0.29, 0.717) is 17.9 Å². The van der Waals surface area contributed by atoms with Crippen LogP contribution in [0.15, 0.2) is 24.3 Å². The smallest absolute Gasteiger partial charge is 0.228 e. The third-order valence-electron chi connectivity index (χ3n) is 4.20. The van der Waals surface area contributed by atoms with E-state index in [4.69, 9.17) is 4.74 Å². The number of benzene rings is 1. The van der Waals surface area contributed by atoms with Crippen LogP contribution in [0.3, 0.4) is 0 Å². The van der Waals surface area contributed by atoms with Crippen LogP contribution in [0.25, 0.3) is 0 Å². The maximum atomic E-state index is 12.2. The third kappa shape index (κ3) is 3.01. The fourth-order valence-electron chi connectivity index (χ4n) is 2.87. The van der Waals surface area contributed by atoms with Crippen molar-refractivity contribution < 1.29 is 14.3 Å². The van der Waals surface area contributed by atoms with Crippen molar-refractivity contribution in [2.45, 2.75) is 19.3 Å². The van der Waals surface area contributed by atoms with E-state index in [-0.39, 0.29) is 23.7 Å². The Labute approximate surface area is 124 Å². The van der Waals surface area contributed by atoms with Gasteiger partial charge in [-0.15, -0.1) is 0 Å². The summed E-state index contributed by atoms with van der Waals surface area (Å²) in [6.07, 6.45) is 2.84. The van der Waals surface area contributed by atoms with Crippen LogP contribution in [0.1, 0.15) is 19.3 Å². The SMILES string of the molecule is COc1cccc(NC(=O)C2CC2C(=O)N2CCCC2)c1. The molecule has 0 spiro atoms. The maximum Gasteiger partial charge on any atom is 0.228 e. The lowest BCUT2D eigenvalue weighted by Gasteiger charge is -2.14. The van der Waals surface area contributed by atoms with Crippen LogP contribution in [0.4, 0.5) is 5.69 Å². The quantitative estimate of drug-likeness (QED) is 0.920. The van der Waals surface area contributed by atoms with Crippen molar-refractivity contribution in [1.29, 1.82) is 0 Å². The minimum atomic E-state index is -0.177. The molecule has 1 aromatic carbocycles.